The van der Waals surface area contributed by atoms with Crippen LogP contribution in [-0.2, 0) is 7.05 Å². The number of carbonyl (C=O) groups excluding carboxylic acids is 1. The lowest BCUT2D eigenvalue weighted by Crippen LogP contribution is -1.95. The Morgan fingerprint density at radius 3 is 2.70 bits per heavy atom. The molecule has 0 aliphatic rings. The number of benzene rings is 1. The van der Waals surface area contributed by atoms with E-state index in [0.717, 1.165) is 22.6 Å². The number of hydrogen-bond acceptors (Lipinski definition) is 3. The molecule has 0 amide bonds. The van der Waals surface area contributed by atoms with E-state index in [9.17, 15) is 4.79 Å². The van der Waals surface area contributed by atoms with Crippen LogP contribution in [0.5, 0.6) is 5.75 Å². The minimum absolute atomic E-state index is 0.0563. The summed E-state index contributed by atoms with van der Waals surface area (Å²) in [6.45, 7) is 3.83. The number of ether oxygens (including phenoxy) is 1. The SMILES string of the molecule is COc1ccc(C)cc1/C=C/C(=O)c1cn(C)nc1C. The van der Waals surface area contributed by atoms with Crippen LogP contribution in [0.1, 0.15) is 27.2 Å². The standard InChI is InChI=1S/C16H18N2O2/c1-11-5-8-16(20-4)13(9-11)6-7-15(19)14-10-18(3)17-12(14)2/h5-10H,1-4H3/b7-6+. The van der Waals surface area contributed by atoms with E-state index in [1.807, 2.05) is 32.0 Å². The maximum absolute atomic E-state index is 12.2. The molecule has 0 saturated carbocycles. The fourth-order valence-corrected chi connectivity index (χ4v) is 2.08. The van der Waals surface area contributed by atoms with E-state index >= 15 is 0 Å². The Labute approximate surface area is 118 Å². The van der Waals surface area contributed by atoms with Crippen LogP contribution in [-0.4, -0.2) is 22.7 Å². The Hall–Kier alpha value is -2.36. The number of aryl methyl sites for hydroxylation is 3. The highest BCUT2D eigenvalue weighted by molar-refractivity contribution is 6.07. The summed E-state index contributed by atoms with van der Waals surface area (Å²) >= 11 is 0. The third-order valence-electron chi connectivity index (χ3n) is 3.08. The Morgan fingerprint density at radius 1 is 1.35 bits per heavy atom. The van der Waals surface area contributed by atoms with E-state index in [2.05, 4.69) is 5.10 Å². The second kappa shape index (κ2) is 5.74. The average molecular weight is 270 g/mol. The molecular formula is C16H18N2O2. The Balaban J connectivity index is 2.27. The summed E-state index contributed by atoms with van der Waals surface area (Å²) in [6, 6.07) is 5.86. The van der Waals surface area contributed by atoms with Crippen LogP contribution in [0.4, 0.5) is 0 Å². The highest BCUT2D eigenvalue weighted by Gasteiger charge is 2.09. The van der Waals surface area contributed by atoms with Gasteiger partial charge in [-0.25, -0.2) is 0 Å². The van der Waals surface area contributed by atoms with E-state index < -0.39 is 0 Å². The van der Waals surface area contributed by atoms with Crippen LogP contribution in [0.25, 0.3) is 6.08 Å². The van der Waals surface area contributed by atoms with Crippen molar-refractivity contribution in [1.29, 1.82) is 0 Å². The lowest BCUT2D eigenvalue weighted by atomic mass is 10.1. The number of nitrogens with zero attached hydrogens (tertiary/aromatic N) is 2. The molecule has 0 spiro atoms. The lowest BCUT2D eigenvalue weighted by Gasteiger charge is -2.05. The molecule has 2 aromatic rings. The predicted octanol–water partition coefficient (Wildman–Crippen LogP) is 2.94. The fraction of sp³-hybridized carbons (Fsp3) is 0.250. The van der Waals surface area contributed by atoms with Crippen LogP contribution in [0, 0.1) is 13.8 Å². The molecule has 0 unspecified atom stereocenters. The molecule has 1 aromatic carbocycles. The summed E-state index contributed by atoms with van der Waals surface area (Å²) in [5, 5.41) is 4.17. The highest BCUT2D eigenvalue weighted by atomic mass is 16.5. The topological polar surface area (TPSA) is 44.1 Å². The van der Waals surface area contributed by atoms with Gasteiger partial charge in [-0.05, 0) is 38.1 Å². The smallest absolute Gasteiger partial charge is 0.189 e. The van der Waals surface area contributed by atoms with Crippen molar-refractivity contribution < 1.29 is 9.53 Å². The van der Waals surface area contributed by atoms with Gasteiger partial charge in [0, 0.05) is 18.8 Å². The van der Waals surface area contributed by atoms with Gasteiger partial charge in [-0.2, -0.15) is 5.10 Å². The predicted molar refractivity (Wildman–Crippen MR) is 79.0 cm³/mol. The van der Waals surface area contributed by atoms with Crippen LogP contribution < -0.4 is 4.74 Å². The number of hydrogen-bond donors (Lipinski definition) is 0. The molecule has 4 nitrogen and oxygen atoms in total. The zero-order valence-electron chi connectivity index (χ0n) is 12.2. The van der Waals surface area contributed by atoms with Gasteiger partial charge in [-0.3, -0.25) is 9.48 Å². The molecule has 104 valence electrons. The number of methoxy groups -OCH3 is 1. The van der Waals surface area contributed by atoms with E-state index in [0.29, 0.717) is 5.56 Å². The monoisotopic (exact) mass is 270 g/mol. The van der Waals surface area contributed by atoms with E-state index in [1.54, 1.807) is 37.2 Å². The summed E-state index contributed by atoms with van der Waals surface area (Å²) in [6.07, 6.45) is 5.07. The van der Waals surface area contributed by atoms with Crippen LogP contribution >= 0.6 is 0 Å². The van der Waals surface area contributed by atoms with Gasteiger partial charge in [0.05, 0.1) is 18.4 Å². The van der Waals surface area contributed by atoms with Gasteiger partial charge in [0.2, 0.25) is 0 Å². The van der Waals surface area contributed by atoms with Crippen molar-refractivity contribution in [1.82, 2.24) is 9.78 Å². The van der Waals surface area contributed by atoms with E-state index in [-0.39, 0.29) is 5.78 Å². The molecule has 0 radical (unpaired) electrons. The molecule has 0 bridgehead atoms. The quantitative estimate of drug-likeness (QED) is 0.633. The third kappa shape index (κ3) is 2.96. The Bertz CT molecular complexity index is 669. The van der Waals surface area contributed by atoms with Gasteiger partial charge in [0.1, 0.15) is 5.75 Å². The minimum Gasteiger partial charge on any atom is -0.496 e. The summed E-state index contributed by atoms with van der Waals surface area (Å²) in [7, 11) is 3.42. The summed E-state index contributed by atoms with van der Waals surface area (Å²) < 4.78 is 6.93. The number of ketones is 1. The largest absolute Gasteiger partial charge is 0.496 e. The molecule has 4 heteroatoms. The molecule has 0 aliphatic carbocycles. The van der Waals surface area contributed by atoms with Gasteiger partial charge in [-0.15, -0.1) is 0 Å². The second-order valence-electron chi connectivity index (χ2n) is 4.74. The zero-order valence-corrected chi connectivity index (χ0v) is 12.2. The van der Waals surface area contributed by atoms with Crippen molar-refractivity contribution in [3.63, 3.8) is 0 Å². The molecule has 1 heterocycles. The van der Waals surface area contributed by atoms with Crippen molar-refractivity contribution in [2.45, 2.75) is 13.8 Å². The molecule has 1 aromatic heterocycles. The molecule has 0 fully saturated rings. The minimum atomic E-state index is -0.0563. The number of carbonyl (C=O) groups is 1. The van der Waals surface area contributed by atoms with Crippen molar-refractivity contribution in [2.75, 3.05) is 7.11 Å². The molecule has 0 aliphatic heterocycles. The van der Waals surface area contributed by atoms with Gasteiger partial charge < -0.3 is 4.74 Å². The zero-order chi connectivity index (χ0) is 14.7. The van der Waals surface area contributed by atoms with Crippen molar-refractivity contribution in [3.8, 4) is 5.75 Å². The third-order valence-corrected chi connectivity index (χ3v) is 3.08. The van der Waals surface area contributed by atoms with Crippen LogP contribution in [0.2, 0.25) is 0 Å². The summed E-state index contributed by atoms with van der Waals surface area (Å²) in [5.41, 5.74) is 3.37. The highest BCUT2D eigenvalue weighted by Crippen LogP contribution is 2.21. The molecule has 2 rings (SSSR count). The van der Waals surface area contributed by atoms with Crippen molar-refractivity contribution in [2.24, 2.45) is 7.05 Å². The maximum Gasteiger partial charge on any atom is 0.189 e. The fourth-order valence-electron chi connectivity index (χ4n) is 2.08. The van der Waals surface area contributed by atoms with E-state index in [4.69, 9.17) is 4.74 Å². The van der Waals surface area contributed by atoms with Gasteiger partial charge in [-0.1, -0.05) is 11.6 Å². The number of allylic oxidation sites excluding steroid dienone is 1. The Kier molecular flexibility index (Phi) is 4.03. The first-order valence-electron chi connectivity index (χ1n) is 6.38. The first kappa shape index (κ1) is 14.1. The first-order chi connectivity index (χ1) is 9.51. The normalized spacial score (nSPS) is 11.0. The average Bonchev–Trinajstić information content (AvgIpc) is 2.75. The molecule has 0 atom stereocenters. The first-order valence-corrected chi connectivity index (χ1v) is 6.38. The molecule has 0 N–H and O–H groups in total. The molecule has 20 heavy (non-hydrogen) atoms. The maximum atomic E-state index is 12.2. The molecular weight excluding hydrogens is 252 g/mol. The van der Waals surface area contributed by atoms with Gasteiger partial charge in [0.25, 0.3) is 0 Å². The number of aromatic nitrogens is 2. The number of rotatable bonds is 4. The Morgan fingerprint density at radius 2 is 2.10 bits per heavy atom. The van der Waals surface area contributed by atoms with Crippen LogP contribution in [0.3, 0.4) is 0 Å². The van der Waals surface area contributed by atoms with Crippen molar-refractivity contribution in [3.05, 3.63) is 52.9 Å². The lowest BCUT2D eigenvalue weighted by molar-refractivity contribution is 0.104. The molecule has 0 saturated heterocycles. The van der Waals surface area contributed by atoms with Crippen molar-refractivity contribution >= 4 is 11.9 Å². The summed E-state index contributed by atoms with van der Waals surface area (Å²) in [5.74, 6) is 0.696. The van der Waals surface area contributed by atoms with Crippen LogP contribution in [0.15, 0.2) is 30.5 Å². The second-order valence-corrected chi connectivity index (χ2v) is 4.74. The summed E-state index contributed by atoms with van der Waals surface area (Å²) in [4.78, 5) is 12.2. The van der Waals surface area contributed by atoms with Gasteiger partial charge in [0.15, 0.2) is 5.78 Å². The van der Waals surface area contributed by atoms with Gasteiger partial charge >= 0.3 is 0 Å². The van der Waals surface area contributed by atoms with E-state index in [1.165, 1.54) is 0 Å².